The van der Waals surface area contributed by atoms with Gasteiger partial charge in [0, 0.05) is 24.4 Å². The van der Waals surface area contributed by atoms with Crippen LogP contribution in [-0.2, 0) is 19.6 Å². The van der Waals surface area contributed by atoms with Crippen molar-refractivity contribution in [3.05, 3.63) is 42.2 Å². The van der Waals surface area contributed by atoms with E-state index in [0.29, 0.717) is 0 Å². The van der Waals surface area contributed by atoms with E-state index < -0.39 is 33.5 Å². The first-order valence-electron chi connectivity index (χ1n) is 10.6. The molecular weight excluding hydrogens is 418 g/mol. The van der Waals surface area contributed by atoms with Crippen LogP contribution < -0.4 is 10.6 Å². The third kappa shape index (κ3) is 5.27. The van der Waals surface area contributed by atoms with Crippen molar-refractivity contribution >= 4 is 21.8 Å². The van der Waals surface area contributed by atoms with E-state index in [-0.39, 0.29) is 23.3 Å². The molecular formula is C22H31N3O5S. The Morgan fingerprint density at radius 3 is 2.52 bits per heavy atom. The van der Waals surface area contributed by atoms with Crippen LogP contribution in [0.3, 0.4) is 0 Å². The zero-order valence-corrected chi connectivity index (χ0v) is 19.0. The molecule has 9 heteroatoms. The molecule has 2 unspecified atom stereocenters. The Balaban J connectivity index is 1.78. The number of sulfonamides is 1. The third-order valence-corrected chi connectivity index (χ3v) is 7.85. The standard InChI is InChI=1S/C22H31N3O5S/c1-15-8-10-16(11-9-15)31(29,30)25-13-12-23-21(27)19(25)14-20(26)24-18-7-5-4-6-17(18)22(2,3)28/h8-13,17-19,28H,4-7,14H2,1-3H3,(H,23,27)(H,24,26)/t17?,18?,19-/m1/s1. The van der Waals surface area contributed by atoms with E-state index in [1.165, 1.54) is 24.5 Å². The van der Waals surface area contributed by atoms with Gasteiger partial charge in [-0.2, -0.15) is 0 Å². The van der Waals surface area contributed by atoms with Gasteiger partial charge in [0.15, 0.2) is 0 Å². The van der Waals surface area contributed by atoms with Crippen LogP contribution in [0.1, 0.15) is 51.5 Å². The van der Waals surface area contributed by atoms with E-state index in [1.807, 2.05) is 6.92 Å². The summed E-state index contributed by atoms with van der Waals surface area (Å²) in [6, 6.07) is 4.92. The summed E-state index contributed by atoms with van der Waals surface area (Å²) in [6.07, 6.45) is 5.69. The maximum Gasteiger partial charge on any atom is 0.264 e. The molecule has 3 N–H and O–H groups in total. The molecule has 0 radical (unpaired) electrons. The number of carbonyl (C=O) groups is 2. The molecule has 1 saturated carbocycles. The maximum absolute atomic E-state index is 13.1. The van der Waals surface area contributed by atoms with Crippen LogP contribution in [0.4, 0.5) is 0 Å². The number of aliphatic hydroxyl groups is 1. The number of amides is 2. The number of hydrogen-bond donors (Lipinski definition) is 3. The monoisotopic (exact) mass is 449 g/mol. The van der Waals surface area contributed by atoms with Crippen LogP contribution in [-0.4, -0.2) is 47.3 Å². The minimum absolute atomic E-state index is 0.0530. The van der Waals surface area contributed by atoms with Gasteiger partial charge in [-0.1, -0.05) is 30.5 Å². The van der Waals surface area contributed by atoms with E-state index in [4.69, 9.17) is 0 Å². The first-order valence-corrected chi connectivity index (χ1v) is 12.0. The zero-order chi connectivity index (χ0) is 22.8. The molecule has 1 aromatic carbocycles. The molecule has 3 rings (SSSR count). The highest BCUT2D eigenvalue weighted by Gasteiger charge is 2.39. The summed E-state index contributed by atoms with van der Waals surface area (Å²) < 4.78 is 27.2. The first-order chi connectivity index (χ1) is 14.5. The predicted molar refractivity (Wildman–Crippen MR) is 116 cm³/mol. The fourth-order valence-electron chi connectivity index (χ4n) is 4.36. The third-order valence-electron chi connectivity index (χ3n) is 6.05. The second-order valence-electron chi connectivity index (χ2n) is 8.91. The van der Waals surface area contributed by atoms with Crippen LogP contribution in [0.5, 0.6) is 0 Å². The summed E-state index contributed by atoms with van der Waals surface area (Å²) in [6.45, 7) is 5.32. The van der Waals surface area contributed by atoms with Gasteiger partial charge in [0.2, 0.25) is 11.8 Å². The Morgan fingerprint density at radius 2 is 1.87 bits per heavy atom. The van der Waals surface area contributed by atoms with Gasteiger partial charge in [-0.25, -0.2) is 8.42 Å². The van der Waals surface area contributed by atoms with Crippen LogP contribution >= 0.6 is 0 Å². The fourth-order valence-corrected chi connectivity index (χ4v) is 5.81. The second kappa shape index (κ2) is 9.00. The molecule has 1 aromatic rings. The highest BCUT2D eigenvalue weighted by atomic mass is 32.2. The van der Waals surface area contributed by atoms with Gasteiger partial charge < -0.3 is 15.7 Å². The van der Waals surface area contributed by atoms with Crippen molar-refractivity contribution in [1.29, 1.82) is 0 Å². The molecule has 0 bridgehead atoms. The van der Waals surface area contributed by atoms with Gasteiger partial charge in [-0.3, -0.25) is 13.9 Å². The Kier molecular flexibility index (Phi) is 6.76. The topological polar surface area (TPSA) is 116 Å². The molecule has 0 aromatic heterocycles. The Labute approximate surface area is 183 Å². The molecule has 1 aliphatic carbocycles. The number of nitrogens with zero attached hydrogens (tertiary/aromatic N) is 1. The quantitative estimate of drug-likeness (QED) is 0.612. The predicted octanol–water partition coefficient (Wildman–Crippen LogP) is 1.79. The van der Waals surface area contributed by atoms with Crippen molar-refractivity contribution in [2.45, 2.75) is 75.5 Å². The Hall–Kier alpha value is -2.39. The number of aryl methyl sites for hydroxylation is 1. The average molecular weight is 450 g/mol. The fraction of sp³-hybridized carbons (Fsp3) is 0.545. The Bertz CT molecular complexity index is 950. The molecule has 31 heavy (non-hydrogen) atoms. The highest BCUT2D eigenvalue weighted by molar-refractivity contribution is 7.89. The summed E-state index contributed by atoms with van der Waals surface area (Å²) in [4.78, 5) is 25.4. The van der Waals surface area contributed by atoms with Crippen molar-refractivity contribution in [1.82, 2.24) is 14.9 Å². The van der Waals surface area contributed by atoms with Gasteiger partial charge >= 0.3 is 0 Å². The molecule has 1 aliphatic heterocycles. The zero-order valence-electron chi connectivity index (χ0n) is 18.2. The molecule has 0 saturated heterocycles. The summed E-state index contributed by atoms with van der Waals surface area (Å²) >= 11 is 0. The van der Waals surface area contributed by atoms with E-state index in [1.54, 1.807) is 26.0 Å². The van der Waals surface area contributed by atoms with Crippen LogP contribution in [0.2, 0.25) is 0 Å². The molecule has 0 spiro atoms. The molecule has 170 valence electrons. The second-order valence-corrected chi connectivity index (χ2v) is 10.8. The molecule has 1 heterocycles. The number of carbonyl (C=O) groups excluding carboxylic acids is 2. The lowest BCUT2D eigenvalue weighted by atomic mass is 9.75. The lowest BCUT2D eigenvalue weighted by molar-refractivity contribution is -0.130. The van der Waals surface area contributed by atoms with E-state index in [9.17, 15) is 23.1 Å². The number of rotatable bonds is 6. The average Bonchev–Trinajstić information content (AvgIpc) is 2.69. The maximum atomic E-state index is 13.1. The largest absolute Gasteiger partial charge is 0.390 e. The first kappa shape index (κ1) is 23.3. The van der Waals surface area contributed by atoms with Gasteiger partial charge in [0.1, 0.15) is 6.04 Å². The smallest absolute Gasteiger partial charge is 0.264 e. The minimum atomic E-state index is -4.01. The van der Waals surface area contributed by atoms with E-state index in [0.717, 1.165) is 35.6 Å². The lowest BCUT2D eigenvalue weighted by Crippen LogP contribution is -2.54. The van der Waals surface area contributed by atoms with E-state index in [2.05, 4.69) is 10.6 Å². The summed E-state index contributed by atoms with van der Waals surface area (Å²) in [5, 5.41) is 15.9. The molecule has 1 fully saturated rings. The van der Waals surface area contributed by atoms with Gasteiger partial charge in [-0.05, 0) is 45.7 Å². The van der Waals surface area contributed by atoms with Crippen LogP contribution in [0, 0.1) is 12.8 Å². The van der Waals surface area contributed by atoms with Gasteiger partial charge in [-0.15, -0.1) is 0 Å². The number of nitrogens with one attached hydrogen (secondary N) is 2. The normalized spacial score (nSPS) is 24.6. The summed E-state index contributed by atoms with van der Waals surface area (Å²) in [5.74, 6) is -1.07. The van der Waals surface area contributed by atoms with Crippen molar-refractivity contribution in [2.75, 3.05) is 0 Å². The minimum Gasteiger partial charge on any atom is -0.390 e. The molecule has 3 atom stereocenters. The number of hydrogen-bond acceptors (Lipinski definition) is 5. The van der Waals surface area contributed by atoms with Crippen molar-refractivity contribution in [3.63, 3.8) is 0 Å². The Morgan fingerprint density at radius 1 is 1.23 bits per heavy atom. The summed E-state index contributed by atoms with van der Waals surface area (Å²) in [7, 11) is -4.01. The molecule has 2 amide bonds. The SMILES string of the molecule is Cc1ccc(S(=O)(=O)N2C=CNC(=O)[C@H]2CC(=O)NC2CCCCC2C(C)(C)O)cc1. The van der Waals surface area contributed by atoms with Crippen molar-refractivity contribution in [2.24, 2.45) is 5.92 Å². The van der Waals surface area contributed by atoms with Crippen LogP contribution in [0.25, 0.3) is 0 Å². The molecule has 8 nitrogen and oxygen atoms in total. The van der Waals surface area contributed by atoms with Crippen molar-refractivity contribution in [3.8, 4) is 0 Å². The van der Waals surface area contributed by atoms with Crippen LogP contribution in [0.15, 0.2) is 41.6 Å². The van der Waals surface area contributed by atoms with Gasteiger partial charge in [0.25, 0.3) is 10.0 Å². The number of benzene rings is 1. The lowest BCUT2D eigenvalue weighted by Gasteiger charge is -2.40. The van der Waals surface area contributed by atoms with Crippen molar-refractivity contribution < 1.29 is 23.1 Å². The highest BCUT2D eigenvalue weighted by Crippen LogP contribution is 2.33. The van der Waals surface area contributed by atoms with Gasteiger partial charge in [0.05, 0.1) is 16.9 Å². The molecule has 2 aliphatic rings. The summed E-state index contributed by atoms with van der Waals surface area (Å²) in [5.41, 5.74) is -0.0277. The van der Waals surface area contributed by atoms with E-state index >= 15 is 0 Å².